The summed E-state index contributed by atoms with van der Waals surface area (Å²) in [6.07, 6.45) is 3.26. The van der Waals surface area contributed by atoms with Gasteiger partial charge in [0, 0.05) is 0 Å². The van der Waals surface area contributed by atoms with Gasteiger partial charge in [-0.2, -0.15) is 8.42 Å². The molecule has 0 bridgehead atoms. The van der Waals surface area contributed by atoms with Crippen LogP contribution in [0.25, 0.3) is 16.8 Å². The summed E-state index contributed by atoms with van der Waals surface area (Å²) in [5.74, 6) is 0. The molecule has 0 spiro atoms. The minimum absolute atomic E-state index is 0.642. The highest BCUT2D eigenvalue weighted by molar-refractivity contribution is 7.86. The molecule has 3 N–H and O–H groups in total. The van der Waals surface area contributed by atoms with E-state index in [2.05, 4.69) is 0 Å². The van der Waals surface area contributed by atoms with E-state index in [0.717, 1.165) is 16.3 Å². The van der Waals surface area contributed by atoms with E-state index in [1.54, 1.807) is 18.2 Å². The average molecular weight is 328 g/mol. The Morgan fingerprint density at radius 3 is 2.19 bits per heavy atom. The first-order valence-corrected chi connectivity index (χ1v) is 8.69. The summed E-state index contributed by atoms with van der Waals surface area (Å²) in [6.45, 7) is 0. The highest BCUT2D eigenvalue weighted by Crippen LogP contribution is 2.36. The van der Waals surface area contributed by atoms with Gasteiger partial charge in [0.1, 0.15) is 5.25 Å². The second kappa shape index (κ2) is 6.09. The highest BCUT2D eigenvalue weighted by Gasteiger charge is 2.27. The van der Waals surface area contributed by atoms with Gasteiger partial charge in [0.05, 0.1) is 0 Å². The Morgan fingerprint density at radius 1 is 1.05 bits per heavy atom. The Bertz CT molecular complexity index is 818. The maximum absolute atomic E-state index is 11.3. The molecule has 21 heavy (non-hydrogen) atoms. The first-order valence-electron chi connectivity index (χ1n) is 5.88. The lowest BCUT2D eigenvalue weighted by molar-refractivity contribution is 0.405. The maximum Gasteiger partial charge on any atom is 0.314 e. The van der Waals surface area contributed by atoms with E-state index in [4.69, 9.17) is 14.4 Å². The van der Waals surface area contributed by atoms with E-state index in [9.17, 15) is 13.0 Å². The first kappa shape index (κ1) is 15.9. The Hall–Kier alpha value is -1.50. The molecule has 3 rings (SSSR count). The van der Waals surface area contributed by atoms with Crippen LogP contribution >= 0.6 is 8.25 Å². The molecule has 0 radical (unpaired) electrons. The second-order valence-electron chi connectivity index (χ2n) is 4.37. The molecular weight excluding hydrogens is 315 g/mol. The van der Waals surface area contributed by atoms with Crippen LogP contribution in [0.2, 0.25) is 0 Å². The fourth-order valence-electron chi connectivity index (χ4n) is 2.33. The molecular formula is C13H13O6PS. The lowest BCUT2D eigenvalue weighted by Gasteiger charge is -2.18. The van der Waals surface area contributed by atoms with Crippen LogP contribution in [0, 0.1) is 0 Å². The second-order valence-corrected chi connectivity index (χ2v) is 6.47. The van der Waals surface area contributed by atoms with Crippen molar-refractivity contribution in [3.05, 3.63) is 53.6 Å². The molecule has 0 amide bonds. The quantitative estimate of drug-likeness (QED) is 0.546. The topological polar surface area (TPSA) is 112 Å². The van der Waals surface area contributed by atoms with Gasteiger partial charge in [-0.05, 0) is 21.9 Å². The van der Waals surface area contributed by atoms with E-state index < -0.39 is 23.6 Å². The van der Waals surface area contributed by atoms with Gasteiger partial charge in [0.15, 0.2) is 0 Å². The summed E-state index contributed by atoms with van der Waals surface area (Å²) in [6, 6.07) is 11.3. The van der Waals surface area contributed by atoms with E-state index in [-0.39, 0.29) is 0 Å². The molecule has 1 aliphatic carbocycles. The third-order valence-electron chi connectivity index (χ3n) is 3.05. The molecule has 1 aliphatic rings. The summed E-state index contributed by atoms with van der Waals surface area (Å²) in [7, 11) is -7.23. The van der Waals surface area contributed by atoms with Gasteiger partial charge < -0.3 is 9.79 Å². The van der Waals surface area contributed by atoms with E-state index >= 15 is 0 Å². The third kappa shape index (κ3) is 3.58. The monoisotopic (exact) mass is 328 g/mol. The molecule has 2 aromatic rings. The van der Waals surface area contributed by atoms with Crippen molar-refractivity contribution in [3.8, 4) is 0 Å². The van der Waals surface area contributed by atoms with Crippen molar-refractivity contribution in [2.45, 2.75) is 5.25 Å². The van der Waals surface area contributed by atoms with Crippen LogP contribution in [0.5, 0.6) is 0 Å². The van der Waals surface area contributed by atoms with Gasteiger partial charge in [-0.3, -0.25) is 9.12 Å². The van der Waals surface area contributed by atoms with Crippen molar-refractivity contribution in [2.75, 3.05) is 0 Å². The third-order valence-corrected chi connectivity index (χ3v) is 4.10. The smallest absolute Gasteiger partial charge is 0.314 e. The van der Waals surface area contributed by atoms with Crippen molar-refractivity contribution in [2.24, 2.45) is 0 Å². The van der Waals surface area contributed by atoms with Gasteiger partial charge in [0.25, 0.3) is 10.1 Å². The molecule has 1 unspecified atom stereocenters. The van der Waals surface area contributed by atoms with Gasteiger partial charge >= 0.3 is 8.25 Å². The van der Waals surface area contributed by atoms with Crippen LogP contribution < -0.4 is 0 Å². The van der Waals surface area contributed by atoms with Crippen LogP contribution in [0.3, 0.4) is 0 Å². The molecule has 2 aromatic carbocycles. The fourth-order valence-corrected chi connectivity index (χ4v) is 3.12. The maximum atomic E-state index is 11.3. The number of hydrogen-bond acceptors (Lipinski definition) is 3. The normalized spacial score (nSPS) is 16.7. The molecule has 1 atom stereocenters. The summed E-state index contributed by atoms with van der Waals surface area (Å²) in [4.78, 5) is 14.3. The first-order chi connectivity index (χ1) is 9.80. The Balaban J connectivity index is 0.000000361. The largest absolute Gasteiger partial charge is 0.326 e. The lowest BCUT2D eigenvalue weighted by Crippen LogP contribution is -2.12. The summed E-state index contributed by atoms with van der Waals surface area (Å²) in [5, 5.41) is 0.930. The Kier molecular flexibility index (Phi) is 4.61. The van der Waals surface area contributed by atoms with Crippen LogP contribution in [0.4, 0.5) is 0 Å². The predicted molar refractivity (Wildman–Crippen MR) is 80.7 cm³/mol. The fraction of sp³-hybridized carbons (Fsp3) is 0.0769. The van der Waals surface area contributed by atoms with Crippen LogP contribution in [-0.4, -0.2) is 22.8 Å². The van der Waals surface area contributed by atoms with E-state index in [0.29, 0.717) is 5.56 Å². The van der Waals surface area contributed by atoms with Crippen molar-refractivity contribution in [3.63, 3.8) is 0 Å². The molecule has 0 saturated carbocycles. The van der Waals surface area contributed by atoms with Crippen molar-refractivity contribution in [1.82, 2.24) is 0 Å². The van der Waals surface area contributed by atoms with E-state index in [1.165, 1.54) is 6.08 Å². The zero-order valence-electron chi connectivity index (χ0n) is 10.7. The van der Waals surface area contributed by atoms with Gasteiger partial charge in [0.2, 0.25) is 0 Å². The SMILES string of the molecule is O=S(=O)(O)C1C=Cc2cccc3cccc1c23.O=[PH](O)O. The molecule has 0 aliphatic heterocycles. The highest BCUT2D eigenvalue weighted by atomic mass is 32.2. The number of rotatable bonds is 1. The molecule has 8 heteroatoms. The van der Waals surface area contributed by atoms with Crippen molar-refractivity contribution in [1.29, 1.82) is 0 Å². The van der Waals surface area contributed by atoms with Crippen molar-refractivity contribution >= 4 is 35.2 Å². The van der Waals surface area contributed by atoms with Crippen LogP contribution in [0.1, 0.15) is 16.4 Å². The summed E-state index contributed by atoms with van der Waals surface area (Å²) >= 11 is 0. The number of hydrogen-bond donors (Lipinski definition) is 3. The number of benzene rings is 2. The molecule has 0 aromatic heterocycles. The zero-order valence-corrected chi connectivity index (χ0v) is 12.5. The minimum atomic E-state index is -4.10. The molecule has 6 nitrogen and oxygen atoms in total. The van der Waals surface area contributed by atoms with Crippen LogP contribution in [0.15, 0.2) is 42.5 Å². The molecule has 0 heterocycles. The standard InChI is InChI=1S/C13H10O3S.H3O3P/c14-17(15,16)12-8-7-10-4-1-3-9-5-2-6-11(12)13(9)10;1-4(2)3/h1-8,12H,(H,14,15,16);4H,(H2,1,2,3). The molecule has 0 fully saturated rings. The summed E-state index contributed by atoms with van der Waals surface area (Å²) < 4.78 is 40.7. The lowest BCUT2D eigenvalue weighted by atomic mass is 9.93. The summed E-state index contributed by atoms with van der Waals surface area (Å²) in [5.41, 5.74) is 1.63. The Labute approximate surface area is 122 Å². The van der Waals surface area contributed by atoms with Gasteiger partial charge in [-0.15, -0.1) is 0 Å². The van der Waals surface area contributed by atoms with Crippen molar-refractivity contribution < 1.29 is 27.3 Å². The zero-order chi connectivity index (χ0) is 15.6. The average Bonchev–Trinajstić information content (AvgIpc) is 2.37. The van der Waals surface area contributed by atoms with Crippen LogP contribution in [-0.2, 0) is 14.7 Å². The predicted octanol–water partition coefficient (Wildman–Crippen LogP) is 2.16. The Morgan fingerprint density at radius 2 is 1.62 bits per heavy atom. The molecule has 112 valence electrons. The minimum Gasteiger partial charge on any atom is -0.326 e. The van der Waals surface area contributed by atoms with Gasteiger partial charge in [-0.1, -0.05) is 48.6 Å². The van der Waals surface area contributed by atoms with E-state index in [1.807, 2.05) is 24.3 Å². The molecule has 0 saturated heterocycles. The van der Waals surface area contributed by atoms with Gasteiger partial charge in [-0.25, -0.2) is 0 Å².